The first kappa shape index (κ1) is 11.2. The van der Waals surface area contributed by atoms with Gasteiger partial charge in [-0.05, 0) is 50.4 Å². The Morgan fingerprint density at radius 3 is 2.59 bits per heavy atom. The first-order chi connectivity index (χ1) is 8.19. The second-order valence-corrected chi connectivity index (χ2v) is 5.76. The lowest BCUT2D eigenvalue weighted by atomic mass is 9.90. The lowest BCUT2D eigenvalue weighted by molar-refractivity contribution is 0.115. The Morgan fingerprint density at radius 1 is 1.18 bits per heavy atom. The summed E-state index contributed by atoms with van der Waals surface area (Å²) in [5.41, 5.74) is 9.26. The van der Waals surface area contributed by atoms with Crippen LogP contribution in [0.15, 0.2) is 24.3 Å². The van der Waals surface area contributed by atoms with Gasteiger partial charge in [0.15, 0.2) is 0 Å². The van der Waals surface area contributed by atoms with Crippen LogP contribution in [0.2, 0.25) is 0 Å². The van der Waals surface area contributed by atoms with E-state index in [-0.39, 0.29) is 5.54 Å². The summed E-state index contributed by atoms with van der Waals surface area (Å²) in [6.45, 7) is 4.66. The number of hydrogen-bond donors (Lipinski definition) is 1. The fourth-order valence-electron chi connectivity index (χ4n) is 3.56. The zero-order chi connectivity index (χ0) is 11.9. The van der Waals surface area contributed by atoms with E-state index in [0.29, 0.717) is 6.04 Å². The second-order valence-electron chi connectivity index (χ2n) is 5.76. The molecular weight excluding hydrogens is 208 g/mol. The zero-order valence-electron chi connectivity index (χ0n) is 10.7. The smallest absolute Gasteiger partial charge is 0.0544 e. The van der Waals surface area contributed by atoms with Gasteiger partial charge in [0.05, 0.1) is 5.54 Å². The number of nitrogens with zero attached hydrogens (tertiary/aromatic N) is 1. The summed E-state index contributed by atoms with van der Waals surface area (Å²) in [7, 11) is 0. The maximum Gasteiger partial charge on any atom is 0.0544 e. The number of benzene rings is 1. The minimum absolute atomic E-state index is 0.173. The van der Waals surface area contributed by atoms with Gasteiger partial charge in [0.1, 0.15) is 0 Å². The lowest BCUT2D eigenvalue weighted by Gasteiger charge is -2.39. The molecule has 92 valence electrons. The van der Waals surface area contributed by atoms with Crippen molar-refractivity contribution in [1.82, 2.24) is 4.90 Å². The number of piperidine rings is 1. The Bertz CT molecular complexity index is 405. The van der Waals surface area contributed by atoms with Gasteiger partial charge in [0.25, 0.3) is 0 Å². The molecule has 1 heterocycles. The summed E-state index contributed by atoms with van der Waals surface area (Å²) in [6, 6.07) is 9.19. The van der Waals surface area contributed by atoms with Crippen molar-refractivity contribution in [1.29, 1.82) is 0 Å². The Balaban J connectivity index is 1.89. The molecule has 0 saturated carbocycles. The van der Waals surface area contributed by atoms with Crippen LogP contribution in [0.3, 0.4) is 0 Å². The third-order valence-corrected chi connectivity index (χ3v) is 4.53. The molecule has 1 fully saturated rings. The van der Waals surface area contributed by atoms with Gasteiger partial charge in [-0.1, -0.05) is 30.7 Å². The van der Waals surface area contributed by atoms with Crippen LogP contribution in [-0.2, 0) is 12.0 Å². The predicted molar refractivity (Wildman–Crippen MR) is 70.9 cm³/mol. The summed E-state index contributed by atoms with van der Waals surface area (Å²) >= 11 is 0. The Kier molecular flexibility index (Phi) is 2.72. The van der Waals surface area contributed by atoms with Crippen molar-refractivity contribution in [2.45, 2.75) is 44.2 Å². The molecule has 0 radical (unpaired) electrons. The van der Waals surface area contributed by atoms with Crippen LogP contribution in [0.25, 0.3) is 0 Å². The van der Waals surface area contributed by atoms with Gasteiger partial charge in [-0.2, -0.15) is 0 Å². The number of likely N-dealkylation sites (tertiary alicyclic amines) is 1. The van der Waals surface area contributed by atoms with Crippen molar-refractivity contribution < 1.29 is 0 Å². The van der Waals surface area contributed by atoms with Crippen molar-refractivity contribution in [2.75, 3.05) is 13.1 Å². The third kappa shape index (κ3) is 1.80. The standard InChI is InChI=1S/C15H22N2/c1-15(16)13-8-4-3-7-12(13)11-14(15)17-9-5-2-6-10-17/h3-4,7-8,14H,2,5-6,9-11,16H2,1H3. The molecule has 2 aliphatic rings. The van der Waals surface area contributed by atoms with Crippen LogP contribution >= 0.6 is 0 Å². The normalized spacial score (nSPS) is 33.6. The Morgan fingerprint density at radius 2 is 1.88 bits per heavy atom. The largest absolute Gasteiger partial charge is 0.320 e. The molecule has 2 unspecified atom stereocenters. The Hall–Kier alpha value is -0.860. The number of hydrogen-bond acceptors (Lipinski definition) is 2. The molecule has 0 bridgehead atoms. The van der Waals surface area contributed by atoms with Gasteiger partial charge in [-0.25, -0.2) is 0 Å². The molecule has 0 amide bonds. The van der Waals surface area contributed by atoms with E-state index in [0.717, 1.165) is 6.42 Å². The third-order valence-electron chi connectivity index (χ3n) is 4.53. The van der Waals surface area contributed by atoms with E-state index in [2.05, 4.69) is 36.1 Å². The van der Waals surface area contributed by atoms with Gasteiger partial charge in [-0.15, -0.1) is 0 Å². The van der Waals surface area contributed by atoms with Gasteiger partial charge >= 0.3 is 0 Å². The van der Waals surface area contributed by atoms with Crippen LogP contribution in [-0.4, -0.2) is 24.0 Å². The van der Waals surface area contributed by atoms with Gasteiger partial charge in [0.2, 0.25) is 0 Å². The summed E-state index contributed by atoms with van der Waals surface area (Å²) in [6.07, 6.45) is 5.19. The molecular formula is C15H22N2. The first-order valence-corrected chi connectivity index (χ1v) is 6.81. The first-order valence-electron chi connectivity index (χ1n) is 6.81. The quantitative estimate of drug-likeness (QED) is 0.802. The number of fused-ring (bicyclic) bond motifs is 1. The van der Waals surface area contributed by atoms with Crippen molar-refractivity contribution in [3.8, 4) is 0 Å². The van der Waals surface area contributed by atoms with Crippen molar-refractivity contribution in [2.24, 2.45) is 5.73 Å². The fourth-order valence-corrected chi connectivity index (χ4v) is 3.56. The van der Waals surface area contributed by atoms with E-state index in [1.54, 1.807) is 0 Å². The van der Waals surface area contributed by atoms with Crippen LogP contribution in [0.5, 0.6) is 0 Å². The molecule has 3 rings (SSSR count). The molecule has 1 aromatic rings. The average Bonchev–Trinajstić information content (AvgIpc) is 2.63. The van der Waals surface area contributed by atoms with Gasteiger partial charge in [-0.3, -0.25) is 4.90 Å². The monoisotopic (exact) mass is 230 g/mol. The lowest BCUT2D eigenvalue weighted by Crippen LogP contribution is -2.53. The molecule has 17 heavy (non-hydrogen) atoms. The number of nitrogens with two attached hydrogens (primary N) is 1. The van der Waals surface area contributed by atoms with Gasteiger partial charge < -0.3 is 5.73 Å². The molecule has 0 spiro atoms. The topological polar surface area (TPSA) is 29.3 Å². The van der Waals surface area contributed by atoms with E-state index in [1.807, 2.05) is 0 Å². The van der Waals surface area contributed by atoms with E-state index in [1.165, 1.54) is 43.5 Å². The molecule has 2 atom stereocenters. The van der Waals surface area contributed by atoms with Gasteiger partial charge in [0, 0.05) is 6.04 Å². The SMILES string of the molecule is CC1(N)c2ccccc2CC1N1CCCCC1. The second kappa shape index (κ2) is 4.11. The summed E-state index contributed by atoms with van der Waals surface area (Å²) in [4.78, 5) is 2.61. The van der Waals surface area contributed by atoms with Crippen LogP contribution in [0.4, 0.5) is 0 Å². The molecule has 1 aliphatic carbocycles. The maximum atomic E-state index is 6.62. The highest BCUT2D eigenvalue weighted by molar-refractivity contribution is 5.40. The molecule has 1 aromatic carbocycles. The molecule has 2 N–H and O–H groups in total. The summed E-state index contributed by atoms with van der Waals surface area (Å²) in [5, 5.41) is 0. The van der Waals surface area contributed by atoms with Crippen LogP contribution < -0.4 is 5.73 Å². The van der Waals surface area contributed by atoms with Crippen molar-refractivity contribution in [3.05, 3.63) is 35.4 Å². The minimum atomic E-state index is -0.173. The predicted octanol–water partition coefficient (Wildman–Crippen LogP) is 2.27. The van der Waals surface area contributed by atoms with E-state index < -0.39 is 0 Å². The summed E-state index contributed by atoms with van der Waals surface area (Å²) in [5.74, 6) is 0. The fraction of sp³-hybridized carbons (Fsp3) is 0.600. The highest BCUT2D eigenvalue weighted by Crippen LogP contribution is 2.38. The minimum Gasteiger partial charge on any atom is -0.320 e. The summed E-state index contributed by atoms with van der Waals surface area (Å²) < 4.78 is 0. The van der Waals surface area contributed by atoms with Crippen molar-refractivity contribution in [3.63, 3.8) is 0 Å². The molecule has 1 saturated heterocycles. The average molecular weight is 230 g/mol. The van der Waals surface area contributed by atoms with Crippen LogP contribution in [0.1, 0.15) is 37.3 Å². The van der Waals surface area contributed by atoms with E-state index in [9.17, 15) is 0 Å². The molecule has 1 aliphatic heterocycles. The number of rotatable bonds is 1. The van der Waals surface area contributed by atoms with E-state index in [4.69, 9.17) is 5.73 Å². The highest BCUT2D eigenvalue weighted by Gasteiger charge is 2.42. The van der Waals surface area contributed by atoms with E-state index >= 15 is 0 Å². The highest BCUT2D eigenvalue weighted by atomic mass is 15.2. The van der Waals surface area contributed by atoms with Crippen molar-refractivity contribution >= 4 is 0 Å². The Labute approximate surface area is 104 Å². The molecule has 2 heteroatoms. The molecule has 2 nitrogen and oxygen atoms in total. The maximum absolute atomic E-state index is 6.62. The van der Waals surface area contributed by atoms with Crippen LogP contribution in [0, 0.1) is 0 Å². The zero-order valence-corrected chi connectivity index (χ0v) is 10.7. The molecule has 0 aromatic heterocycles.